The Morgan fingerprint density at radius 1 is 1.36 bits per heavy atom. The van der Waals surface area contributed by atoms with Gasteiger partial charge in [-0.1, -0.05) is 12.8 Å². The number of carboxylic acid groups (broad SMARTS) is 1. The number of nitrogens with one attached hydrogen (secondary N) is 1. The van der Waals surface area contributed by atoms with Crippen LogP contribution in [0.3, 0.4) is 0 Å². The molecule has 25 heavy (non-hydrogen) atoms. The van der Waals surface area contributed by atoms with Crippen molar-refractivity contribution in [3.63, 3.8) is 0 Å². The number of terminal acetylenes is 1. The fourth-order valence-electron chi connectivity index (χ4n) is 2.88. The van der Waals surface area contributed by atoms with Gasteiger partial charge in [-0.25, -0.2) is 8.42 Å². The van der Waals surface area contributed by atoms with Crippen LogP contribution >= 0.6 is 0 Å². The number of carbonyl (C=O) groups excluding carboxylic acids is 1. The predicted octanol–water partition coefficient (Wildman–Crippen LogP) is 0.781. The van der Waals surface area contributed by atoms with Crippen LogP contribution in [0.15, 0.2) is 29.2 Å². The quantitative estimate of drug-likeness (QED) is 0.752. The van der Waals surface area contributed by atoms with Gasteiger partial charge >= 0.3 is 5.97 Å². The minimum Gasteiger partial charge on any atom is -0.481 e. The van der Waals surface area contributed by atoms with Gasteiger partial charge in [-0.2, -0.15) is 4.72 Å². The van der Waals surface area contributed by atoms with Crippen molar-refractivity contribution in [2.75, 3.05) is 19.6 Å². The number of piperidine rings is 1. The van der Waals surface area contributed by atoms with Gasteiger partial charge in [-0.3, -0.25) is 9.59 Å². The number of sulfonamides is 1. The first kappa shape index (κ1) is 19.0. The van der Waals surface area contributed by atoms with Crippen LogP contribution in [0.25, 0.3) is 0 Å². The van der Waals surface area contributed by atoms with Crippen LogP contribution in [0.5, 0.6) is 0 Å². The van der Waals surface area contributed by atoms with Gasteiger partial charge in [0.15, 0.2) is 0 Å². The third-order valence-corrected chi connectivity index (χ3v) is 5.70. The summed E-state index contributed by atoms with van der Waals surface area (Å²) in [6.07, 6.45) is 5.44. The maximum atomic E-state index is 12.5. The van der Waals surface area contributed by atoms with E-state index in [-0.39, 0.29) is 23.3 Å². The molecule has 1 amide bonds. The highest BCUT2D eigenvalue weighted by atomic mass is 32.2. The first-order valence-electron chi connectivity index (χ1n) is 7.81. The summed E-state index contributed by atoms with van der Waals surface area (Å²) >= 11 is 0. The van der Waals surface area contributed by atoms with Crippen molar-refractivity contribution in [1.29, 1.82) is 0 Å². The Labute approximate surface area is 147 Å². The number of amides is 1. The molecule has 0 bridgehead atoms. The van der Waals surface area contributed by atoms with Crippen molar-refractivity contribution in [3.05, 3.63) is 29.8 Å². The minimum atomic E-state index is -3.70. The highest BCUT2D eigenvalue weighted by molar-refractivity contribution is 7.89. The molecule has 1 aliphatic heterocycles. The van der Waals surface area contributed by atoms with E-state index in [1.54, 1.807) is 4.90 Å². The number of carboxylic acids is 1. The SMILES string of the molecule is C#CCNS(=O)(=O)c1ccc(C(=O)N2CCC(C(=O)O)C(C)C2)cc1. The van der Waals surface area contributed by atoms with E-state index < -0.39 is 21.9 Å². The number of benzene rings is 1. The van der Waals surface area contributed by atoms with E-state index in [0.29, 0.717) is 25.1 Å². The van der Waals surface area contributed by atoms with E-state index in [2.05, 4.69) is 10.6 Å². The number of aliphatic carboxylic acids is 1. The molecular formula is C17H20N2O5S. The molecule has 0 spiro atoms. The zero-order chi connectivity index (χ0) is 18.6. The third-order valence-electron chi connectivity index (χ3n) is 4.29. The van der Waals surface area contributed by atoms with E-state index in [9.17, 15) is 18.0 Å². The summed E-state index contributed by atoms with van der Waals surface area (Å²) in [6, 6.07) is 5.58. The average Bonchev–Trinajstić information content (AvgIpc) is 2.59. The lowest BCUT2D eigenvalue weighted by atomic mass is 9.87. The number of hydrogen-bond acceptors (Lipinski definition) is 4. The molecule has 1 aromatic carbocycles. The molecule has 1 heterocycles. The van der Waals surface area contributed by atoms with Crippen molar-refractivity contribution < 1.29 is 23.1 Å². The van der Waals surface area contributed by atoms with Crippen molar-refractivity contribution in [2.45, 2.75) is 18.2 Å². The molecule has 2 atom stereocenters. The van der Waals surface area contributed by atoms with Gasteiger partial charge in [0.05, 0.1) is 17.4 Å². The summed E-state index contributed by atoms with van der Waals surface area (Å²) in [7, 11) is -3.70. The van der Waals surface area contributed by atoms with Crippen LogP contribution in [-0.4, -0.2) is 49.9 Å². The van der Waals surface area contributed by atoms with E-state index in [1.165, 1.54) is 24.3 Å². The smallest absolute Gasteiger partial charge is 0.306 e. The predicted molar refractivity (Wildman–Crippen MR) is 91.3 cm³/mol. The summed E-state index contributed by atoms with van der Waals surface area (Å²) in [5.74, 6) is 0.528. The van der Waals surface area contributed by atoms with Crippen molar-refractivity contribution >= 4 is 21.9 Å². The second-order valence-electron chi connectivity index (χ2n) is 6.01. The van der Waals surface area contributed by atoms with Crippen molar-refractivity contribution in [1.82, 2.24) is 9.62 Å². The summed E-state index contributed by atoms with van der Waals surface area (Å²) in [4.78, 5) is 25.3. The molecule has 8 heteroatoms. The van der Waals surface area contributed by atoms with Crippen LogP contribution in [0.1, 0.15) is 23.7 Å². The van der Waals surface area contributed by atoms with E-state index in [0.717, 1.165) is 0 Å². The average molecular weight is 364 g/mol. The van der Waals surface area contributed by atoms with Gasteiger partial charge < -0.3 is 10.0 Å². The lowest BCUT2D eigenvalue weighted by molar-refractivity contribution is -0.145. The van der Waals surface area contributed by atoms with Gasteiger partial charge in [-0.05, 0) is 36.6 Å². The zero-order valence-electron chi connectivity index (χ0n) is 13.8. The molecule has 0 saturated carbocycles. The van der Waals surface area contributed by atoms with Crippen molar-refractivity contribution in [2.24, 2.45) is 11.8 Å². The number of nitrogens with zero attached hydrogens (tertiary/aromatic N) is 1. The first-order valence-corrected chi connectivity index (χ1v) is 9.30. The molecule has 134 valence electrons. The summed E-state index contributed by atoms with van der Waals surface area (Å²) in [5.41, 5.74) is 0.358. The molecule has 0 aromatic heterocycles. The second kappa shape index (κ2) is 7.68. The summed E-state index contributed by atoms with van der Waals surface area (Å²) in [6.45, 7) is 2.42. The molecular weight excluding hydrogens is 344 g/mol. The van der Waals surface area contributed by atoms with Gasteiger partial charge in [0.25, 0.3) is 5.91 Å². The molecule has 2 N–H and O–H groups in total. The van der Waals surface area contributed by atoms with Crippen LogP contribution < -0.4 is 4.72 Å². The topological polar surface area (TPSA) is 104 Å². The molecule has 1 aliphatic rings. The molecule has 0 radical (unpaired) electrons. The van der Waals surface area contributed by atoms with E-state index in [4.69, 9.17) is 11.5 Å². The second-order valence-corrected chi connectivity index (χ2v) is 7.78. The highest BCUT2D eigenvalue weighted by Crippen LogP contribution is 2.25. The van der Waals surface area contributed by atoms with Gasteiger partial charge in [0.1, 0.15) is 0 Å². The van der Waals surface area contributed by atoms with E-state index >= 15 is 0 Å². The first-order chi connectivity index (χ1) is 11.8. The largest absolute Gasteiger partial charge is 0.481 e. The highest BCUT2D eigenvalue weighted by Gasteiger charge is 2.33. The Balaban J connectivity index is 2.09. The number of hydrogen-bond donors (Lipinski definition) is 2. The Bertz CT molecular complexity index is 795. The van der Waals surface area contributed by atoms with Crippen LogP contribution in [-0.2, 0) is 14.8 Å². The number of rotatable bonds is 5. The zero-order valence-corrected chi connectivity index (χ0v) is 14.6. The Hall–Kier alpha value is -2.37. The normalized spacial score (nSPS) is 20.7. The molecule has 1 aromatic rings. The maximum absolute atomic E-state index is 12.5. The molecule has 7 nitrogen and oxygen atoms in total. The Kier molecular flexibility index (Phi) is 5.82. The molecule has 2 unspecified atom stereocenters. The molecule has 0 aliphatic carbocycles. The van der Waals surface area contributed by atoms with Crippen LogP contribution in [0, 0.1) is 24.2 Å². The Morgan fingerprint density at radius 2 is 2.00 bits per heavy atom. The molecule has 1 fully saturated rings. The van der Waals surface area contributed by atoms with E-state index in [1.807, 2.05) is 6.92 Å². The summed E-state index contributed by atoms with van der Waals surface area (Å²) < 4.78 is 26.2. The molecule has 1 saturated heterocycles. The van der Waals surface area contributed by atoms with Crippen molar-refractivity contribution in [3.8, 4) is 12.3 Å². The van der Waals surface area contributed by atoms with Gasteiger partial charge in [-0.15, -0.1) is 6.42 Å². The molecule has 2 rings (SSSR count). The van der Waals surface area contributed by atoms with Crippen LogP contribution in [0.2, 0.25) is 0 Å². The Morgan fingerprint density at radius 3 is 2.52 bits per heavy atom. The fraction of sp³-hybridized carbons (Fsp3) is 0.412. The maximum Gasteiger partial charge on any atom is 0.306 e. The van der Waals surface area contributed by atoms with Gasteiger partial charge in [0, 0.05) is 18.7 Å². The lowest BCUT2D eigenvalue weighted by Crippen LogP contribution is -2.45. The summed E-state index contributed by atoms with van der Waals surface area (Å²) in [5, 5.41) is 9.14. The van der Waals surface area contributed by atoms with Crippen LogP contribution in [0.4, 0.5) is 0 Å². The number of likely N-dealkylation sites (tertiary alicyclic amines) is 1. The lowest BCUT2D eigenvalue weighted by Gasteiger charge is -2.35. The standard InChI is InChI=1S/C17H20N2O5S/c1-3-9-18-25(23,24)14-6-4-13(5-7-14)16(20)19-10-8-15(17(21)22)12(2)11-19/h1,4-7,12,15,18H,8-11H2,2H3,(H,21,22). The third kappa shape index (κ3) is 4.38. The fourth-order valence-corrected chi connectivity index (χ4v) is 3.81. The van der Waals surface area contributed by atoms with Gasteiger partial charge in [0.2, 0.25) is 10.0 Å². The number of carbonyl (C=O) groups is 2. The minimum absolute atomic E-state index is 0.0252. The monoisotopic (exact) mass is 364 g/mol.